The van der Waals surface area contributed by atoms with Crippen LogP contribution in [0.25, 0.3) is 0 Å². The summed E-state index contributed by atoms with van der Waals surface area (Å²) in [6.07, 6.45) is 8.88. The van der Waals surface area contributed by atoms with Crippen molar-refractivity contribution in [3.05, 3.63) is 23.3 Å². The highest BCUT2D eigenvalue weighted by atomic mass is 32.3. The summed E-state index contributed by atoms with van der Waals surface area (Å²) >= 11 is 0. The Bertz CT molecular complexity index is 985. The van der Waals surface area contributed by atoms with Gasteiger partial charge in [-0.05, 0) is 86.9 Å². The maximum atomic E-state index is 11.8. The molecule has 6 nitrogen and oxygen atoms in total. The summed E-state index contributed by atoms with van der Waals surface area (Å²) in [7, 11) is -4.61. The van der Waals surface area contributed by atoms with E-state index in [-0.39, 0.29) is 17.8 Å². The molecule has 4 aliphatic rings. The third-order valence-corrected chi connectivity index (χ3v) is 11.5. The third kappa shape index (κ3) is 4.58. The first-order valence-corrected chi connectivity index (χ1v) is 14.9. The second kappa shape index (κ2) is 9.23. The molecule has 0 heterocycles. The number of aliphatic hydroxyl groups is 2. The van der Waals surface area contributed by atoms with E-state index in [0.717, 1.165) is 25.7 Å². The van der Waals surface area contributed by atoms with E-state index in [9.17, 15) is 18.6 Å². The standard InChI is InChI=1S/C28H46O6S/c1-17(2)18(3)7-8-19(4)22-9-10-23-21-15-25(29)28(30)16-20(34-35(31,32)33)11-14-27(28,6)24(21)12-13-26(22,23)5/h7,15,17,19-20,22-25,29-30H,8-14,16H2,1-6H3,(H,31,32,33)/b18-7+/t19-,20+,22-,23+,24+,25-,26-,27-,28+/m1/s1. The van der Waals surface area contributed by atoms with Gasteiger partial charge in [0, 0.05) is 11.8 Å². The van der Waals surface area contributed by atoms with E-state index in [4.69, 9.17) is 8.74 Å². The number of hydrogen-bond acceptors (Lipinski definition) is 5. The molecule has 0 unspecified atom stereocenters. The van der Waals surface area contributed by atoms with Crippen LogP contribution in [-0.2, 0) is 14.6 Å². The van der Waals surface area contributed by atoms with Crippen LogP contribution in [0, 0.1) is 40.4 Å². The van der Waals surface area contributed by atoms with Gasteiger partial charge in [-0.1, -0.05) is 57.9 Å². The molecule has 0 aromatic rings. The Kier molecular flexibility index (Phi) is 7.20. The Morgan fingerprint density at radius 1 is 1.14 bits per heavy atom. The van der Waals surface area contributed by atoms with Crippen molar-refractivity contribution >= 4 is 10.4 Å². The number of hydrogen-bond donors (Lipinski definition) is 3. The van der Waals surface area contributed by atoms with Crippen LogP contribution in [0.5, 0.6) is 0 Å². The van der Waals surface area contributed by atoms with Gasteiger partial charge >= 0.3 is 10.4 Å². The minimum atomic E-state index is -4.61. The Labute approximate surface area is 212 Å². The van der Waals surface area contributed by atoms with Crippen LogP contribution in [0.15, 0.2) is 23.3 Å². The lowest BCUT2D eigenvalue weighted by atomic mass is 9.45. The van der Waals surface area contributed by atoms with E-state index in [1.807, 2.05) is 6.08 Å². The normalized spacial score (nSPS) is 44.9. The molecule has 0 saturated heterocycles. The largest absolute Gasteiger partial charge is 0.397 e. The maximum Gasteiger partial charge on any atom is 0.397 e. The molecule has 35 heavy (non-hydrogen) atoms. The Morgan fingerprint density at radius 2 is 1.83 bits per heavy atom. The number of rotatable bonds is 6. The lowest BCUT2D eigenvalue weighted by Crippen LogP contribution is -2.65. The highest BCUT2D eigenvalue weighted by Gasteiger charge is 2.65. The van der Waals surface area contributed by atoms with Crippen molar-refractivity contribution in [2.75, 3.05) is 0 Å². The van der Waals surface area contributed by atoms with E-state index in [1.54, 1.807) is 0 Å². The van der Waals surface area contributed by atoms with Crippen molar-refractivity contribution in [2.24, 2.45) is 40.4 Å². The summed E-state index contributed by atoms with van der Waals surface area (Å²) in [6, 6.07) is 0. The van der Waals surface area contributed by atoms with Crippen LogP contribution in [0.4, 0.5) is 0 Å². The van der Waals surface area contributed by atoms with Crippen molar-refractivity contribution < 1.29 is 27.4 Å². The number of fused-ring (bicyclic) bond motifs is 5. The van der Waals surface area contributed by atoms with Gasteiger partial charge in [-0.2, -0.15) is 8.42 Å². The topological polar surface area (TPSA) is 104 Å². The minimum Gasteiger partial charge on any atom is -0.386 e. The van der Waals surface area contributed by atoms with Crippen molar-refractivity contribution in [2.45, 2.75) is 111 Å². The van der Waals surface area contributed by atoms with Gasteiger partial charge in [0.05, 0.1) is 6.10 Å². The van der Waals surface area contributed by atoms with Crippen LogP contribution in [0.3, 0.4) is 0 Å². The monoisotopic (exact) mass is 510 g/mol. The fraction of sp³-hybridized carbons (Fsp3) is 0.857. The first-order chi connectivity index (χ1) is 16.1. The fourth-order valence-corrected chi connectivity index (χ4v) is 9.04. The predicted octanol–water partition coefficient (Wildman–Crippen LogP) is 5.47. The van der Waals surface area contributed by atoms with Gasteiger partial charge in [-0.25, -0.2) is 4.18 Å². The van der Waals surface area contributed by atoms with E-state index < -0.39 is 33.6 Å². The summed E-state index contributed by atoms with van der Waals surface area (Å²) in [6.45, 7) is 13.6. The van der Waals surface area contributed by atoms with Crippen molar-refractivity contribution in [3.63, 3.8) is 0 Å². The molecule has 3 saturated carbocycles. The summed E-state index contributed by atoms with van der Waals surface area (Å²) in [5.74, 6) is 2.39. The predicted molar refractivity (Wildman–Crippen MR) is 137 cm³/mol. The Hall–Kier alpha value is -0.730. The molecule has 0 aromatic heterocycles. The molecule has 0 bridgehead atoms. The summed E-state index contributed by atoms with van der Waals surface area (Å²) in [5.41, 5.74) is 0.929. The van der Waals surface area contributed by atoms with Crippen molar-refractivity contribution in [1.82, 2.24) is 0 Å². The molecule has 3 N–H and O–H groups in total. The average molecular weight is 511 g/mol. The molecule has 4 aliphatic carbocycles. The summed E-state index contributed by atoms with van der Waals surface area (Å²) in [4.78, 5) is 0. The SMILES string of the molecule is C/C(=C\C[C@@H](C)[C@H]1CC[C@H]2C3=C[C@@H](O)[C@@]4(O)C[C@@H](OS(=O)(=O)O)CC[C@]4(C)[C@H]3CC[C@]12C)C(C)C. The average Bonchev–Trinajstić information content (AvgIpc) is 3.10. The van der Waals surface area contributed by atoms with Crippen LogP contribution in [0.1, 0.15) is 92.9 Å². The molecular weight excluding hydrogens is 464 g/mol. The molecule has 0 aliphatic heterocycles. The first kappa shape index (κ1) is 27.3. The van der Waals surface area contributed by atoms with Crippen LogP contribution >= 0.6 is 0 Å². The molecule has 0 amide bonds. The summed E-state index contributed by atoms with van der Waals surface area (Å²) in [5, 5.41) is 23.0. The van der Waals surface area contributed by atoms with Gasteiger partial charge in [0.1, 0.15) is 11.7 Å². The van der Waals surface area contributed by atoms with E-state index >= 15 is 0 Å². The highest BCUT2D eigenvalue weighted by Crippen LogP contribution is 2.67. The molecule has 200 valence electrons. The first-order valence-electron chi connectivity index (χ1n) is 13.6. The molecule has 7 heteroatoms. The quantitative estimate of drug-likeness (QED) is 0.323. The lowest BCUT2D eigenvalue weighted by molar-refractivity contribution is -0.208. The smallest absolute Gasteiger partial charge is 0.386 e. The molecule has 0 aromatic carbocycles. The van der Waals surface area contributed by atoms with Gasteiger partial charge < -0.3 is 10.2 Å². The van der Waals surface area contributed by atoms with Gasteiger partial charge in [0.25, 0.3) is 0 Å². The summed E-state index contributed by atoms with van der Waals surface area (Å²) < 4.78 is 36.6. The van der Waals surface area contributed by atoms with Gasteiger partial charge in [-0.15, -0.1) is 0 Å². The molecular formula is C28H46O6S. The van der Waals surface area contributed by atoms with Crippen molar-refractivity contribution in [3.8, 4) is 0 Å². The second-order valence-corrected chi connectivity index (χ2v) is 14.0. The van der Waals surface area contributed by atoms with E-state index in [0.29, 0.717) is 36.5 Å². The molecule has 3 fully saturated rings. The van der Waals surface area contributed by atoms with Crippen LogP contribution in [0.2, 0.25) is 0 Å². The lowest BCUT2D eigenvalue weighted by Gasteiger charge is -2.62. The zero-order chi connectivity index (χ0) is 26.0. The van der Waals surface area contributed by atoms with Crippen molar-refractivity contribution in [1.29, 1.82) is 0 Å². The zero-order valence-corrected chi connectivity index (χ0v) is 23.1. The van der Waals surface area contributed by atoms with E-state index in [2.05, 4.69) is 47.6 Å². The Morgan fingerprint density at radius 3 is 2.46 bits per heavy atom. The third-order valence-electron chi connectivity index (χ3n) is 11.0. The second-order valence-electron chi connectivity index (χ2n) is 13.0. The minimum absolute atomic E-state index is 0.00608. The maximum absolute atomic E-state index is 11.8. The molecule has 0 radical (unpaired) electrons. The zero-order valence-electron chi connectivity index (χ0n) is 22.3. The molecule has 4 rings (SSSR count). The highest BCUT2D eigenvalue weighted by molar-refractivity contribution is 7.80. The molecule has 9 atom stereocenters. The van der Waals surface area contributed by atoms with Crippen LogP contribution in [-0.4, -0.2) is 41.0 Å². The van der Waals surface area contributed by atoms with Gasteiger partial charge in [-0.3, -0.25) is 4.55 Å². The number of allylic oxidation sites excluding steroid dienone is 3. The van der Waals surface area contributed by atoms with Crippen LogP contribution < -0.4 is 0 Å². The fourth-order valence-electron chi connectivity index (χ4n) is 8.53. The molecule has 0 spiro atoms. The van der Waals surface area contributed by atoms with Gasteiger partial charge in [0.2, 0.25) is 0 Å². The Balaban J connectivity index is 1.59. The van der Waals surface area contributed by atoms with E-state index in [1.165, 1.54) is 17.6 Å². The number of aliphatic hydroxyl groups excluding tert-OH is 1. The van der Waals surface area contributed by atoms with Gasteiger partial charge in [0.15, 0.2) is 0 Å².